The van der Waals surface area contributed by atoms with Crippen LogP contribution >= 0.6 is 0 Å². The van der Waals surface area contributed by atoms with Crippen LogP contribution in [-0.2, 0) is 9.53 Å². The number of carbonyl (C=O) groups excluding carboxylic acids is 1. The summed E-state index contributed by atoms with van der Waals surface area (Å²) >= 11 is 0. The summed E-state index contributed by atoms with van der Waals surface area (Å²) in [7, 11) is 0. The molecule has 2 heterocycles. The highest BCUT2D eigenvalue weighted by Gasteiger charge is 2.59. The van der Waals surface area contributed by atoms with Crippen LogP contribution in [0.15, 0.2) is 35.9 Å². The number of rotatable bonds is 3. The molecule has 6 nitrogen and oxygen atoms in total. The number of nitriles is 1. The fourth-order valence-corrected chi connectivity index (χ4v) is 6.49. The summed E-state index contributed by atoms with van der Waals surface area (Å²) in [6.45, 7) is 8.59. The van der Waals surface area contributed by atoms with E-state index in [0.29, 0.717) is 18.0 Å². The molecule has 1 aromatic rings. The number of anilines is 1. The molecule has 5 rings (SSSR count). The second-order valence-electron chi connectivity index (χ2n) is 10.2. The number of piperazine rings is 1. The molecule has 0 amide bonds. The molecule has 1 aromatic carbocycles. The Labute approximate surface area is 190 Å². The van der Waals surface area contributed by atoms with Gasteiger partial charge in [-0.25, -0.2) is 0 Å². The Bertz CT molecular complexity index is 944. The van der Waals surface area contributed by atoms with E-state index in [2.05, 4.69) is 35.8 Å². The first kappa shape index (κ1) is 21.5. The molecular weight excluding hydrogens is 402 g/mol. The van der Waals surface area contributed by atoms with Crippen molar-refractivity contribution in [2.45, 2.75) is 45.3 Å². The van der Waals surface area contributed by atoms with Crippen molar-refractivity contribution in [3.05, 3.63) is 41.5 Å². The minimum absolute atomic E-state index is 0.123. The number of aliphatic hydroxyl groups is 1. The summed E-state index contributed by atoms with van der Waals surface area (Å²) in [4.78, 5) is 17.6. The predicted molar refractivity (Wildman–Crippen MR) is 122 cm³/mol. The summed E-state index contributed by atoms with van der Waals surface area (Å²) < 4.78 is 5.83. The average Bonchev–Trinajstić information content (AvgIpc) is 3.11. The Morgan fingerprint density at radius 3 is 2.62 bits per heavy atom. The minimum Gasteiger partial charge on any atom is -0.461 e. The lowest BCUT2D eigenvalue weighted by Gasteiger charge is -2.52. The molecule has 2 aliphatic heterocycles. The Hall–Kier alpha value is -2.36. The second-order valence-corrected chi connectivity index (χ2v) is 10.2. The van der Waals surface area contributed by atoms with E-state index in [4.69, 9.17) is 10.00 Å². The summed E-state index contributed by atoms with van der Waals surface area (Å²) in [5.74, 6) is -0.111. The van der Waals surface area contributed by atoms with Crippen LogP contribution in [0.2, 0.25) is 0 Å². The number of ether oxygens (including phenoxy) is 1. The van der Waals surface area contributed by atoms with Crippen LogP contribution in [0.4, 0.5) is 5.69 Å². The first-order valence-corrected chi connectivity index (χ1v) is 12.0. The SMILES string of the molecule is C[C@@H]1CCC=C2C[C@H]3OC(=O)[C@H](CN4CCN(c5ccc(C#N)cc5)CC4)[C@@H]3[C@@H](O)[C@@]21C. The maximum atomic E-state index is 12.9. The fourth-order valence-electron chi connectivity index (χ4n) is 6.49. The van der Waals surface area contributed by atoms with Gasteiger partial charge in [0.15, 0.2) is 0 Å². The van der Waals surface area contributed by atoms with Crippen molar-refractivity contribution in [3.8, 4) is 6.07 Å². The molecule has 32 heavy (non-hydrogen) atoms. The maximum Gasteiger partial charge on any atom is 0.311 e. The van der Waals surface area contributed by atoms with Gasteiger partial charge in [-0.3, -0.25) is 9.69 Å². The molecule has 0 bridgehead atoms. The quantitative estimate of drug-likeness (QED) is 0.581. The van der Waals surface area contributed by atoms with Crippen molar-refractivity contribution in [1.29, 1.82) is 5.26 Å². The molecule has 4 aliphatic rings. The van der Waals surface area contributed by atoms with Gasteiger partial charge in [-0.15, -0.1) is 0 Å². The lowest BCUT2D eigenvalue weighted by Crippen LogP contribution is -2.55. The van der Waals surface area contributed by atoms with Crippen LogP contribution in [-0.4, -0.2) is 60.9 Å². The summed E-state index contributed by atoms with van der Waals surface area (Å²) in [6.07, 6.45) is 4.47. The Morgan fingerprint density at radius 2 is 1.94 bits per heavy atom. The number of aliphatic hydroxyl groups excluding tert-OH is 1. The maximum absolute atomic E-state index is 12.9. The number of hydrogen-bond acceptors (Lipinski definition) is 6. The molecule has 0 aromatic heterocycles. The van der Waals surface area contributed by atoms with Crippen molar-refractivity contribution < 1.29 is 14.6 Å². The van der Waals surface area contributed by atoms with Crippen LogP contribution in [0, 0.1) is 34.5 Å². The average molecular weight is 436 g/mol. The van der Waals surface area contributed by atoms with E-state index in [1.165, 1.54) is 5.57 Å². The van der Waals surface area contributed by atoms with Gasteiger partial charge < -0.3 is 14.7 Å². The smallest absolute Gasteiger partial charge is 0.311 e. The lowest BCUT2D eigenvalue weighted by molar-refractivity contribution is -0.145. The number of carbonyl (C=O) groups is 1. The van der Waals surface area contributed by atoms with Crippen LogP contribution in [0.25, 0.3) is 0 Å². The molecule has 0 unspecified atom stereocenters. The Balaban J connectivity index is 1.26. The molecule has 3 fully saturated rings. The van der Waals surface area contributed by atoms with E-state index >= 15 is 0 Å². The van der Waals surface area contributed by atoms with Crippen molar-refractivity contribution >= 4 is 11.7 Å². The summed E-state index contributed by atoms with van der Waals surface area (Å²) in [5, 5.41) is 20.5. The molecular formula is C26H33N3O3. The zero-order valence-corrected chi connectivity index (χ0v) is 19.0. The third kappa shape index (κ3) is 3.43. The largest absolute Gasteiger partial charge is 0.461 e. The molecule has 170 valence electrons. The van der Waals surface area contributed by atoms with Crippen molar-refractivity contribution in [3.63, 3.8) is 0 Å². The zero-order valence-electron chi connectivity index (χ0n) is 19.0. The Kier molecular flexibility index (Phi) is 5.51. The normalized spacial score (nSPS) is 37.2. The standard InChI is InChI=1S/C26H33N3O3/c1-17-4-3-5-19-14-22-23(24(30)26(17,19)2)21(25(31)32-22)16-28-10-12-29(13-11-28)20-8-6-18(15-27)7-9-20/h5-9,17,21-24,30H,3-4,10-14,16H2,1-2H3/t17-,21-,22-,23+,24-,26-/m1/s1. The van der Waals surface area contributed by atoms with Gasteiger partial charge in [0.1, 0.15) is 6.10 Å². The fraction of sp³-hybridized carbons (Fsp3) is 0.615. The van der Waals surface area contributed by atoms with Gasteiger partial charge >= 0.3 is 5.97 Å². The second kappa shape index (κ2) is 8.20. The van der Waals surface area contributed by atoms with Crippen LogP contribution in [0.1, 0.15) is 38.7 Å². The van der Waals surface area contributed by atoms with Gasteiger partial charge in [-0.2, -0.15) is 5.26 Å². The first-order chi connectivity index (χ1) is 15.4. The van der Waals surface area contributed by atoms with Crippen molar-refractivity contribution in [2.24, 2.45) is 23.2 Å². The first-order valence-electron chi connectivity index (χ1n) is 12.0. The Morgan fingerprint density at radius 1 is 1.22 bits per heavy atom. The number of nitrogens with zero attached hydrogens (tertiary/aromatic N) is 3. The van der Waals surface area contributed by atoms with Gasteiger partial charge in [-0.05, 0) is 43.0 Å². The molecule has 1 saturated carbocycles. The third-order valence-electron chi connectivity index (χ3n) is 8.76. The number of hydrogen-bond donors (Lipinski definition) is 1. The number of allylic oxidation sites excluding steroid dienone is 1. The molecule has 0 radical (unpaired) electrons. The van der Waals surface area contributed by atoms with E-state index in [1.807, 2.05) is 24.3 Å². The van der Waals surface area contributed by atoms with Crippen LogP contribution in [0.3, 0.4) is 0 Å². The number of fused-ring (bicyclic) bond motifs is 2. The van der Waals surface area contributed by atoms with E-state index in [1.54, 1.807) is 0 Å². The number of esters is 1. The van der Waals surface area contributed by atoms with E-state index in [9.17, 15) is 9.90 Å². The summed E-state index contributed by atoms with van der Waals surface area (Å²) in [6, 6.07) is 9.88. The van der Waals surface area contributed by atoms with Gasteiger partial charge in [0.25, 0.3) is 0 Å². The summed E-state index contributed by atoms with van der Waals surface area (Å²) in [5.41, 5.74) is 2.84. The van der Waals surface area contributed by atoms with Gasteiger partial charge in [0.05, 0.1) is 23.7 Å². The van der Waals surface area contributed by atoms with Gasteiger partial charge in [-0.1, -0.05) is 25.5 Å². The monoisotopic (exact) mass is 435 g/mol. The van der Waals surface area contributed by atoms with Crippen molar-refractivity contribution in [2.75, 3.05) is 37.6 Å². The zero-order chi connectivity index (χ0) is 22.5. The van der Waals surface area contributed by atoms with E-state index < -0.39 is 6.10 Å². The van der Waals surface area contributed by atoms with Gasteiger partial charge in [0.2, 0.25) is 0 Å². The molecule has 6 heteroatoms. The van der Waals surface area contributed by atoms with Gasteiger partial charge in [0, 0.05) is 56.2 Å². The highest BCUT2D eigenvalue weighted by molar-refractivity contribution is 5.76. The number of benzene rings is 1. The van der Waals surface area contributed by atoms with Crippen LogP contribution < -0.4 is 4.90 Å². The molecule has 2 aliphatic carbocycles. The highest BCUT2D eigenvalue weighted by atomic mass is 16.6. The van der Waals surface area contributed by atoms with E-state index in [0.717, 1.165) is 51.1 Å². The van der Waals surface area contributed by atoms with Crippen LogP contribution in [0.5, 0.6) is 0 Å². The molecule has 6 atom stereocenters. The topological polar surface area (TPSA) is 76.8 Å². The van der Waals surface area contributed by atoms with Crippen molar-refractivity contribution in [1.82, 2.24) is 4.90 Å². The lowest BCUT2D eigenvalue weighted by atomic mass is 9.55. The molecule has 0 spiro atoms. The highest BCUT2D eigenvalue weighted by Crippen LogP contribution is 2.56. The third-order valence-corrected chi connectivity index (χ3v) is 8.76. The molecule has 2 saturated heterocycles. The van der Waals surface area contributed by atoms with E-state index in [-0.39, 0.29) is 29.3 Å². The molecule has 1 N–H and O–H groups in total. The predicted octanol–water partition coefficient (Wildman–Crippen LogP) is 2.97. The minimum atomic E-state index is -0.542.